The lowest BCUT2D eigenvalue weighted by Gasteiger charge is -1.90. The number of thiazole rings is 1. The third-order valence-electron chi connectivity index (χ3n) is 2.56. The van der Waals surface area contributed by atoms with Crippen molar-refractivity contribution in [3.63, 3.8) is 0 Å². The number of aromatic nitrogens is 2. The highest BCUT2D eigenvalue weighted by Crippen LogP contribution is 2.21. The molecule has 17 heavy (non-hydrogen) atoms. The normalized spacial score (nSPS) is 11.1. The second-order valence-electron chi connectivity index (χ2n) is 3.88. The van der Waals surface area contributed by atoms with E-state index in [2.05, 4.69) is 9.97 Å². The largest absolute Gasteiger partial charge is 0.440 e. The summed E-state index contributed by atoms with van der Waals surface area (Å²) in [4.78, 5) is 8.63. The van der Waals surface area contributed by atoms with Crippen molar-refractivity contribution in [2.75, 3.05) is 5.73 Å². The molecule has 3 rings (SSSR count). The number of fused-ring (bicyclic) bond motifs is 1. The molecule has 0 aliphatic heterocycles. The summed E-state index contributed by atoms with van der Waals surface area (Å²) in [6.07, 6.45) is 0.585. The van der Waals surface area contributed by atoms with Crippen LogP contribution in [0.4, 0.5) is 5.13 Å². The number of nitrogens with zero attached hydrogens (tertiary/aromatic N) is 2. The molecule has 5 heteroatoms. The Labute approximate surface area is 102 Å². The van der Waals surface area contributed by atoms with Gasteiger partial charge in [-0.2, -0.15) is 0 Å². The van der Waals surface area contributed by atoms with Gasteiger partial charge in [-0.1, -0.05) is 12.1 Å². The van der Waals surface area contributed by atoms with Gasteiger partial charge in [0.1, 0.15) is 5.52 Å². The molecule has 2 aromatic heterocycles. The molecule has 86 valence electrons. The van der Waals surface area contributed by atoms with Crippen LogP contribution in [0.1, 0.15) is 17.1 Å². The number of rotatable bonds is 2. The van der Waals surface area contributed by atoms with Crippen LogP contribution in [0.3, 0.4) is 0 Å². The average Bonchev–Trinajstić information content (AvgIpc) is 2.86. The summed E-state index contributed by atoms with van der Waals surface area (Å²) < 4.78 is 5.72. The van der Waals surface area contributed by atoms with Crippen molar-refractivity contribution in [2.24, 2.45) is 0 Å². The van der Waals surface area contributed by atoms with Gasteiger partial charge in [0.2, 0.25) is 5.89 Å². The number of nitrogen functional groups attached to an aromatic ring is 1. The molecule has 0 saturated carbocycles. The van der Waals surface area contributed by atoms with Gasteiger partial charge in [-0.3, -0.25) is 0 Å². The molecule has 0 radical (unpaired) electrons. The molecule has 0 amide bonds. The van der Waals surface area contributed by atoms with Crippen LogP contribution in [-0.4, -0.2) is 9.97 Å². The Hall–Kier alpha value is -1.88. The zero-order valence-electron chi connectivity index (χ0n) is 9.30. The summed E-state index contributed by atoms with van der Waals surface area (Å²) in [5, 5.41) is 2.50. The first kappa shape index (κ1) is 10.3. The van der Waals surface area contributed by atoms with Gasteiger partial charge in [0.05, 0.1) is 12.1 Å². The minimum Gasteiger partial charge on any atom is -0.440 e. The van der Waals surface area contributed by atoms with Gasteiger partial charge in [0.25, 0.3) is 0 Å². The number of hydrogen-bond donors (Lipinski definition) is 1. The van der Waals surface area contributed by atoms with Crippen LogP contribution in [0.25, 0.3) is 11.1 Å². The van der Waals surface area contributed by atoms with E-state index in [1.54, 1.807) is 0 Å². The molecule has 3 aromatic rings. The van der Waals surface area contributed by atoms with Crippen LogP contribution in [-0.2, 0) is 6.42 Å². The lowest BCUT2D eigenvalue weighted by molar-refractivity contribution is 0.540. The molecule has 0 saturated heterocycles. The smallest absolute Gasteiger partial charge is 0.201 e. The lowest BCUT2D eigenvalue weighted by atomic mass is 10.2. The summed E-state index contributed by atoms with van der Waals surface area (Å²) in [6.45, 7) is 2.01. The molecule has 0 aliphatic rings. The van der Waals surface area contributed by atoms with Crippen LogP contribution in [0, 0.1) is 6.92 Å². The predicted molar refractivity (Wildman–Crippen MR) is 68.1 cm³/mol. The Morgan fingerprint density at radius 2 is 2.24 bits per heavy atom. The van der Waals surface area contributed by atoms with Crippen molar-refractivity contribution in [1.82, 2.24) is 9.97 Å². The topological polar surface area (TPSA) is 64.9 Å². The Morgan fingerprint density at radius 1 is 1.35 bits per heavy atom. The maximum Gasteiger partial charge on any atom is 0.201 e. The van der Waals surface area contributed by atoms with E-state index in [0.717, 1.165) is 22.4 Å². The fourth-order valence-corrected chi connectivity index (χ4v) is 2.33. The fraction of sp³-hybridized carbons (Fsp3) is 0.167. The van der Waals surface area contributed by atoms with Crippen molar-refractivity contribution in [2.45, 2.75) is 13.3 Å². The number of benzene rings is 1. The lowest BCUT2D eigenvalue weighted by Crippen LogP contribution is -1.89. The van der Waals surface area contributed by atoms with E-state index in [-0.39, 0.29) is 0 Å². The van der Waals surface area contributed by atoms with Crippen LogP contribution in [0.5, 0.6) is 0 Å². The quantitative estimate of drug-likeness (QED) is 0.754. The highest BCUT2D eigenvalue weighted by molar-refractivity contribution is 7.13. The first-order chi connectivity index (χ1) is 8.22. The Balaban J connectivity index is 1.98. The highest BCUT2D eigenvalue weighted by Gasteiger charge is 2.09. The van der Waals surface area contributed by atoms with E-state index in [4.69, 9.17) is 10.2 Å². The summed E-state index contributed by atoms with van der Waals surface area (Å²) in [5.74, 6) is 0.680. The zero-order chi connectivity index (χ0) is 11.8. The van der Waals surface area contributed by atoms with Crippen molar-refractivity contribution < 1.29 is 4.42 Å². The summed E-state index contributed by atoms with van der Waals surface area (Å²) in [6, 6.07) is 5.94. The van der Waals surface area contributed by atoms with Crippen LogP contribution in [0.15, 0.2) is 28.0 Å². The summed E-state index contributed by atoms with van der Waals surface area (Å²) in [7, 11) is 0. The van der Waals surface area contributed by atoms with Crippen LogP contribution < -0.4 is 5.73 Å². The van der Waals surface area contributed by atoms with Gasteiger partial charge in [-0.05, 0) is 18.6 Å². The average molecular weight is 245 g/mol. The third-order valence-corrected chi connectivity index (χ3v) is 3.28. The van der Waals surface area contributed by atoms with Crippen molar-refractivity contribution >= 4 is 27.6 Å². The number of nitrogens with two attached hydrogens (primary N) is 1. The zero-order valence-corrected chi connectivity index (χ0v) is 10.1. The van der Waals surface area contributed by atoms with Gasteiger partial charge in [-0.15, -0.1) is 11.3 Å². The van der Waals surface area contributed by atoms with Crippen molar-refractivity contribution in [1.29, 1.82) is 0 Å². The first-order valence-corrected chi connectivity index (χ1v) is 6.15. The second-order valence-corrected chi connectivity index (χ2v) is 4.77. The predicted octanol–water partition coefficient (Wildman–Crippen LogP) is 2.77. The van der Waals surface area contributed by atoms with E-state index >= 15 is 0 Å². The standard InChI is InChI=1S/C12H11N3OS/c1-7-3-2-4-9-11(7)16-10(15-9)5-8-6-17-12(13)14-8/h2-4,6H,5H2,1H3,(H2,13,14). The Morgan fingerprint density at radius 3 is 2.94 bits per heavy atom. The Bertz CT molecular complexity index is 671. The van der Waals surface area contributed by atoms with Crippen LogP contribution in [0.2, 0.25) is 0 Å². The minimum atomic E-state index is 0.576. The third kappa shape index (κ3) is 1.89. The van der Waals surface area contributed by atoms with E-state index in [9.17, 15) is 0 Å². The first-order valence-electron chi connectivity index (χ1n) is 5.27. The molecule has 2 N–H and O–H groups in total. The molecular weight excluding hydrogens is 234 g/mol. The summed E-state index contributed by atoms with van der Waals surface area (Å²) >= 11 is 1.43. The van der Waals surface area contributed by atoms with Crippen LogP contribution >= 0.6 is 11.3 Å². The Kier molecular flexibility index (Phi) is 2.33. The van der Waals surface area contributed by atoms with Crippen molar-refractivity contribution in [3.05, 3.63) is 40.7 Å². The second kappa shape index (κ2) is 3.85. The number of oxazole rings is 1. The number of aryl methyl sites for hydroxylation is 1. The molecule has 0 spiro atoms. The van der Waals surface area contributed by atoms with Crippen molar-refractivity contribution in [3.8, 4) is 0 Å². The minimum absolute atomic E-state index is 0.576. The molecule has 0 unspecified atom stereocenters. The van der Waals surface area contributed by atoms with Gasteiger partial charge < -0.3 is 10.2 Å². The molecule has 4 nitrogen and oxygen atoms in total. The maximum absolute atomic E-state index is 5.72. The molecule has 0 aliphatic carbocycles. The molecule has 2 heterocycles. The van der Waals surface area contributed by atoms with E-state index in [1.807, 2.05) is 30.5 Å². The summed E-state index contributed by atoms with van der Waals surface area (Å²) in [5.41, 5.74) is 9.33. The fourth-order valence-electron chi connectivity index (χ4n) is 1.77. The van der Waals surface area contributed by atoms with E-state index in [0.29, 0.717) is 17.4 Å². The monoisotopic (exact) mass is 245 g/mol. The molecular formula is C12H11N3OS. The molecule has 0 bridgehead atoms. The molecule has 0 fully saturated rings. The van der Waals surface area contributed by atoms with E-state index < -0.39 is 0 Å². The highest BCUT2D eigenvalue weighted by atomic mass is 32.1. The van der Waals surface area contributed by atoms with Gasteiger partial charge >= 0.3 is 0 Å². The van der Waals surface area contributed by atoms with E-state index in [1.165, 1.54) is 11.3 Å². The molecule has 1 aromatic carbocycles. The maximum atomic E-state index is 5.72. The number of hydrogen-bond acceptors (Lipinski definition) is 5. The molecule has 0 atom stereocenters. The number of para-hydroxylation sites is 1. The van der Waals surface area contributed by atoms with Gasteiger partial charge in [0.15, 0.2) is 10.7 Å². The SMILES string of the molecule is Cc1cccc2nc(Cc3csc(N)n3)oc12. The van der Waals surface area contributed by atoms with Gasteiger partial charge in [-0.25, -0.2) is 9.97 Å². The number of anilines is 1. The van der Waals surface area contributed by atoms with Gasteiger partial charge in [0, 0.05) is 5.38 Å².